The summed E-state index contributed by atoms with van der Waals surface area (Å²) in [5.74, 6) is 0.464. The molecule has 0 saturated carbocycles. The van der Waals surface area contributed by atoms with E-state index in [0.29, 0.717) is 20.6 Å². The van der Waals surface area contributed by atoms with Crippen molar-refractivity contribution in [3.8, 4) is 5.75 Å². The fourth-order valence-corrected chi connectivity index (χ4v) is 5.68. The van der Waals surface area contributed by atoms with Crippen molar-refractivity contribution in [3.63, 3.8) is 0 Å². The van der Waals surface area contributed by atoms with Crippen LogP contribution in [0.15, 0.2) is 93.9 Å². The van der Waals surface area contributed by atoms with Crippen LogP contribution >= 0.6 is 11.3 Å². The Kier molecular flexibility index (Phi) is 7.21. The molecule has 1 amide bonds. The average molecular weight is 539 g/mol. The number of aryl methyl sites for hydroxylation is 1. The number of para-hydroxylation sites is 1. The molecule has 0 aliphatic carbocycles. The normalized spacial score (nSPS) is 15.0. The van der Waals surface area contributed by atoms with Gasteiger partial charge in [0.05, 0.1) is 29.0 Å². The lowest BCUT2D eigenvalue weighted by Gasteiger charge is -2.26. The van der Waals surface area contributed by atoms with Crippen molar-refractivity contribution in [1.82, 2.24) is 4.57 Å². The molecule has 0 radical (unpaired) electrons. The maximum absolute atomic E-state index is 13.9. The van der Waals surface area contributed by atoms with Gasteiger partial charge in [0.2, 0.25) is 0 Å². The minimum atomic E-state index is -0.625. The lowest BCUT2D eigenvalue weighted by molar-refractivity contribution is -0.113. The van der Waals surface area contributed by atoms with Crippen LogP contribution in [-0.2, 0) is 4.79 Å². The van der Waals surface area contributed by atoms with Crippen LogP contribution in [0.4, 0.5) is 11.4 Å². The zero-order valence-electron chi connectivity index (χ0n) is 22.6. The summed E-state index contributed by atoms with van der Waals surface area (Å²) in [6, 6.07) is 22.5. The maximum Gasteiger partial charge on any atom is 0.271 e. The number of thiazole rings is 1. The van der Waals surface area contributed by atoms with Crippen LogP contribution in [-0.4, -0.2) is 31.7 Å². The first kappa shape index (κ1) is 26.2. The van der Waals surface area contributed by atoms with Crippen molar-refractivity contribution >= 4 is 34.7 Å². The fraction of sp³-hybridized carbons (Fsp3) is 0.194. The number of benzene rings is 3. The Morgan fingerprint density at radius 3 is 2.36 bits per heavy atom. The van der Waals surface area contributed by atoms with Crippen LogP contribution in [0, 0.1) is 6.92 Å². The van der Waals surface area contributed by atoms with Gasteiger partial charge in [-0.2, -0.15) is 0 Å². The highest BCUT2D eigenvalue weighted by molar-refractivity contribution is 7.07. The van der Waals surface area contributed by atoms with Gasteiger partial charge in [-0.25, -0.2) is 4.99 Å². The SMILES string of the molecule is COc1ccc(C=c2sc3n(c2=O)[C@H](c2ccc(N(C)C)cc2)C(C(=O)Nc2ccccc2C)=C(C)N=3)cc1. The minimum absolute atomic E-state index is 0.190. The molecular weight excluding hydrogens is 508 g/mol. The quantitative estimate of drug-likeness (QED) is 0.398. The molecule has 0 unspecified atom stereocenters. The van der Waals surface area contributed by atoms with Gasteiger partial charge >= 0.3 is 0 Å². The van der Waals surface area contributed by atoms with Gasteiger partial charge < -0.3 is 15.0 Å². The predicted molar refractivity (Wildman–Crippen MR) is 157 cm³/mol. The minimum Gasteiger partial charge on any atom is -0.497 e. The molecule has 1 aromatic heterocycles. The monoisotopic (exact) mass is 538 g/mol. The summed E-state index contributed by atoms with van der Waals surface area (Å²) >= 11 is 1.32. The van der Waals surface area contributed by atoms with Crippen LogP contribution in [0.2, 0.25) is 0 Å². The standard InChI is InChI=1S/C31H30N4O3S/c1-19-8-6-7-9-25(19)33-29(36)27-20(2)32-31-35(28(27)22-12-14-23(15-13-22)34(3)4)30(37)26(39-31)18-21-10-16-24(38-5)17-11-21/h6-18,28H,1-5H3,(H,33,36)/t28-/m1/s1. The van der Waals surface area contributed by atoms with E-state index in [4.69, 9.17) is 9.73 Å². The smallest absolute Gasteiger partial charge is 0.271 e. The number of nitrogens with zero attached hydrogens (tertiary/aromatic N) is 3. The molecule has 1 aliphatic rings. The molecule has 198 valence electrons. The second-order valence-electron chi connectivity index (χ2n) is 9.61. The number of nitrogens with one attached hydrogen (secondary N) is 1. The molecule has 5 rings (SSSR count). The highest BCUT2D eigenvalue weighted by Gasteiger charge is 2.32. The summed E-state index contributed by atoms with van der Waals surface area (Å²) in [4.78, 5) is 35.0. The van der Waals surface area contributed by atoms with E-state index in [1.807, 2.05) is 112 Å². The van der Waals surface area contributed by atoms with Crippen LogP contribution in [0.3, 0.4) is 0 Å². The second kappa shape index (κ2) is 10.7. The molecule has 2 heterocycles. The van der Waals surface area contributed by atoms with Gasteiger partial charge in [-0.3, -0.25) is 14.2 Å². The van der Waals surface area contributed by atoms with Gasteiger partial charge in [0.15, 0.2) is 4.80 Å². The Labute approximate surface area is 231 Å². The van der Waals surface area contributed by atoms with Gasteiger partial charge in [-0.1, -0.05) is 53.8 Å². The summed E-state index contributed by atoms with van der Waals surface area (Å²) in [6.07, 6.45) is 1.85. The molecular formula is C31H30N4O3S. The van der Waals surface area contributed by atoms with Gasteiger partial charge in [-0.05, 0) is 66.9 Å². The molecule has 3 aromatic carbocycles. The lowest BCUT2D eigenvalue weighted by Crippen LogP contribution is -2.40. The van der Waals surface area contributed by atoms with Crippen LogP contribution in [0.25, 0.3) is 6.08 Å². The number of hydrogen-bond acceptors (Lipinski definition) is 6. The van der Waals surface area contributed by atoms with Gasteiger partial charge in [0.25, 0.3) is 11.5 Å². The summed E-state index contributed by atoms with van der Waals surface area (Å²) in [5, 5.41) is 3.05. The van der Waals surface area contributed by atoms with E-state index in [0.717, 1.165) is 33.8 Å². The number of ether oxygens (including phenoxy) is 1. The molecule has 1 aliphatic heterocycles. The average Bonchev–Trinajstić information content (AvgIpc) is 3.23. The summed E-state index contributed by atoms with van der Waals surface area (Å²) in [5.41, 5.74) is 5.25. The van der Waals surface area contributed by atoms with Gasteiger partial charge in [0, 0.05) is 25.5 Å². The van der Waals surface area contributed by atoms with E-state index in [1.165, 1.54) is 11.3 Å². The van der Waals surface area contributed by atoms with Crippen LogP contribution < -0.4 is 29.8 Å². The lowest BCUT2D eigenvalue weighted by atomic mass is 9.94. The first-order chi connectivity index (χ1) is 18.8. The highest BCUT2D eigenvalue weighted by atomic mass is 32.1. The number of allylic oxidation sites excluding steroid dienone is 1. The second-order valence-corrected chi connectivity index (χ2v) is 10.6. The van der Waals surface area contributed by atoms with Crippen molar-refractivity contribution in [3.05, 3.63) is 120 Å². The summed E-state index contributed by atoms with van der Waals surface area (Å²) in [7, 11) is 5.57. The number of anilines is 2. The topological polar surface area (TPSA) is 75.9 Å². The Bertz CT molecular complexity index is 1750. The predicted octanol–water partition coefficient (Wildman–Crippen LogP) is 4.26. The fourth-order valence-electron chi connectivity index (χ4n) is 4.64. The Hall–Kier alpha value is -4.43. The van der Waals surface area contributed by atoms with E-state index in [1.54, 1.807) is 11.7 Å². The Balaban J connectivity index is 1.65. The van der Waals surface area contributed by atoms with E-state index >= 15 is 0 Å². The van der Waals surface area contributed by atoms with Crippen molar-refractivity contribution in [2.45, 2.75) is 19.9 Å². The third-order valence-corrected chi connectivity index (χ3v) is 7.78. The molecule has 39 heavy (non-hydrogen) atoms. The molecule has 1 atom stereocenters. The summed E-state index contributed by atoms with van der Waals surface area (Å²) < 4.78 is 7.44. The van der Waals surface area contributed by atoms with Crippen molar-refractivity contribution in [2.24, 2.45) is 4.99 Å². The highest BCUT2D eigenvalue weighted by Crippen LogP contribution is 2.32. The Morgan fingerprint density at radius 2 is 1.72 bits per heavy atom. The molecule has 0 fully saturated rings. The summed E-state index contributed by atoms with van der Waals surface area (Å²) in [6.45, 7) is 3.77. The van der Waals surface area contributed by atoms with Crippen molar-refractivity contribution in [2.75, 3.05) is 31.4 Å². The number of carbonyl (C=O) groups excluding carboxylic acids is 1. The molecule has 1 N–H and O–H groups in total. The van der Waals surface area contributed by atoms with Gasteiger partial charge in [0.1, 0.15) is 5.75 Å². The van der Waals surface area contributed by atoms with E-state index < -0.39 is 6.04 Å². The van der Waals surface area contributed by atoms with E-state index in [-0.39, 0.29) is 11.5 Å². The Morgan fingerprint density at radius 1 is 1.03 bits per heavy atom. The number of aromatic nitrogens is 1. The van der Waals surface area contributed by atoms with E-state index in [9.17, 15) is 9.59 Å². The number of fused-ring (bicyclic) bond motifs is 1. The molecule has 0 spiro atoms. The molecule has 0 saturated heterocycles. The third kappa shape index (κ3) is 5.15. The zero-order valence-corrected chi connectivity index (χ0v) is 23.4. The van der Waals surface area contributed by atoms with Crippen molar-refractivity contribution in [1.29, 1.82) is 0 Å². The molecule has 8 heteroatoms. The molecule has 7 nitrogen and oxygen atoms in total. The van der Waals surface area contributed by atoms with E-state index in [2.05, 4.69) is 5.32 Å². The van der Waals surface area contributed by atoms with Crippen molar-refractivity contribution < 1.29 is 9.53 Å². The first-order valence-corrected chi connectivity index (χ1v) is 13.4. The van der Waals surface area contributed by atoms with Crippen LogP contribution in [0.1, 0.15) is 29.7 Å². The first-order valence-electron chi connectivity index (χ1n) is 12.6. The third-order valence-electron chi connectivity index (χ3n) is 6.80. The zero-order chi connectivity index (χ0) is 27.7. The number of amides is 1. The number of rotatable bonds is 6. The number of hydrogen-bond donors (Lipinski definition) is 1. The molecule has 0 bridgehead atoms. The largest absolute Gasteiger partial charge is 0.497 e. The maximum atomic E-state index is 13.9. The van der Waals surface area contributed by atoms with Crippen LogP contribution in [0.5, 0.6) is 5.75 Å². The van der Waals surface area contributed by atoms with Gasteiger partial charge in [-0.15, -0.1) is 0 Å². The number of methoxy groups -OCH3 is 1. The number of carbonyl (C=O) groups is 1. The molecule has 4 aromatic rings.